The van der Waals surface area contributed by atoms with Crippen LogP contribution in [-0.4, -0.2) is 23.5 Å². The molecule has 1 aromatic carbocycles. The Kier molecular flexibility index (Phi) is 9.27. The Labute approximate surface area is 131 Å². The molecule has 2 nitrogen and oxygen atoms in total. The number of unbranched alkanes of at least 4 members (excludes halogenated alkanes) is 4. The third kappa shape index (κ3) is 5.60. The molecule has 0 radical (unpaired) electrons. The highest BCUT2D eigenvalue weighted by Gasteiger charge is 2.20. The highest BCUT2D eigenvalue weighted by atomic mass is 32.1. The lowest BCUT2D eigenvalue weighted by Gasteiger charge is -2.19. The first-order valence-corrected chi connectivity index (χ1v) is 9.60. The zero-order valence-electron chi connectivity index (χ0n) is 13.0. The molecule has 1 rings (SSSR count). The molecule has 1 aromatic rings. The summed E-state index contributed by atoms with van der Waals surface area (Å²) in [5, 5.41) is 1.51. The molecule has 1 atom stereocenters. The van der Waals surface area contributed by atoms with E-state index in [1.165, 1.54) is 42.9 Å². The maximum absolute atomic E-state index is 5.52. The lowest BCUT2D eigenvalue weighted by molar-refractivity contribution is 0.291. The number of thiol groups is 1. The summed E-state index contributed by atoms with van der Waals surface area (Å²) < 4.78 is 11.0. The maximum atomic E-state index is 5.52. The molecule has 0 heterocycles. The summed E-state index contributed by atoms with van der Waals surface area (Å²) >= 11 is 4.80. The van der Waals surface area contributed by atoms with Crippen molar-refractivity contribution in [3.8, 4) is 0 Å². The molecule has 0 aliphatic heterocycles. The molecule has 0 bridgehead atoms. The second kappa shape index (κ2) is 10.4. The van der Waals surface area contributed by atoms with E-state index in [1.807, 2.05) is 0 Å². The van der Waals surface area contributed by atoms with Gasteiger partial charge in [0.2, 0.25) is 0 Å². The fourth-order valence-electron chi connectivity index (χ4n) is 2.48. The number of benzene rings is 1. The van der Waals surface area contributed by atoms with Gasteiger partial charge in [-0.05, 0) is 17.2 Å². The average molecular weight is 313 g/mol. The predicted octanol–water partition coefficient (Wildman–Crippen LogP) is 3.74. The van der Waals surface area contributed by atoms with E-state index < -0.39 is 9.28 Å². The molecule has 0 aromatic heterocycles. The minimum absolute atomic E-state index is 0.285. The lowest BCUT2D eigenvalue weighted by atomic mass is 10.0. The van der Waals surface area contributed by atoms with Crippen LogP contribution in [0.15, 0.2) is 24.3 Å². The van der Waals surface area contributed by atoms with Crippen molar-refractivity contribution >= 4 is 27.1 Å². The fourth-order valence-corrected chi connectivity index (χ4v) is 4.57. The molecule has 0 aliphatic carbocycles. The zero-order chi connectivity index (χ0) is 14.8. The van der Waals surface area contributed by atoms with E-state index in [0.29, 0.717) is 0 Å². The van der Waals surface area contributed by atoms with Crippen LogP contribution in [0.2, 0.25) is 0 Å². The first-order valence-electron chi connectivity index (χ1n) is 7.57. The van der Waals surface area contributed by atoms with Crippen LogP contribution in [0.1, 0.15) is 56.3 Å². The topological polar surface area (TPSA) is 18.5 Å². The van der Waals surface area contributed by atoms with Gasteiger partial charge in [0.15, 0.2) is 0 Å². The fraction of sp³-hybridized carbons (Fsp3) is 0.625. The quantitative estimate of drug-likeness (QED) is 0.403. The molecule has 0 aliphatic rings. The van der Waals surface area contributed by atoms with Crippen molar-refractivity contribution in [2.75, 3.05) is 14.2 Å². The van der Waals surface area contributed by atoms with Crippen molar-refractivity contribution in [3.63, 3.8) is 0 Å². The third-order valence-corrected chi connectivity index (χ3v) is 6.04. The monoisotopic (exact) mass is 312 g/mol. The minimum atomic E-state index is -1.75. The molecule has 0 fully saturated rings. The smallest absolute Gasteiger partial charge is 0.355 e. The summed E-state index contributed by atoms with van der Waals surface area (Å²) in [6.45, 7) is 2.25. The molecule has 114 valence electrons. The summed E-state index contributed by atoms with van der Waals surface area (Å²) in [6.07, 6.45) is 7.65. The van der Waals surface area contributed by atoms with Crippen LogP contribution in [0.4, 0.5) is 0 Å². The van der Waals surface area contributed by atoms with E-state index in [0.717, 1.165) is 6.42 Å². The standard InChI is InChI=1S/C16H28O2SSi/c1-4-5-6-7-8-12-15(19)14-11-9-10-13-16(14)20(17-2)18-3/h9-11,13,15,19-20H,4-8,12H2,1-3H3. The molecular weight excluding hydrogens is 284 g/mol. The van der Waals surface area contributed by atoms with Crippen LogP contribution < -0.4 is 5.19 Å². The highest BCUT2D eigenvalue weighted by Crippen LogP contribution is 2.25. The number of hydrogen-bond donors (Lipinski definition) is 1. The molecule has 0 amide bonds. The molecule has 0 saturated heterocycles. The van der Waals surface area contributed by atoms with Crippen LogP contribution in [-0.2, 0) is 8.85 Å². The van der Waals surface area contributed by atoms with Crippen LogP contribution in [0.5, 0.6) is 0 Å². The zero-order valence-corrected chi connectivity index (χ0v) is 15.0. The van der Waals surface area contributed by atoms with Crippen LogP contribution >= 0.6 is 12.6 Å². The van der Waals surface area contributed by atoms with Crippen LogP contribution in [0.25, 0.3) is 0 Å². The van der Waals surface area contributed by atoms with Gasteiger partial charge in [0.05, 0.1) is 0 Å². The van der Waals surface area contributed by atoms with Gasteiger partial charge in [-0.1, -0.05) is 63.3 Å². The lowest BCUT2D eigenvalue weighted by Crippen LogP contribution is -2.37. The van der Waals surface area contributed by atoms with Gasteiger partial charge >= 0.3 is 9.28 Å². The van der Waals surface area contributed by atoms with Gasteiger partial charge in [-0.15, -0.1) is 0 Å². The van der Waals surface area contributed by atoms with E-state index in [9.17, 15) is 0 Å². The molecule has 0 N–H and O–H groups in total. The molecule has 20 heavy (non-hydrogen) atoms. The molecule has 0 spiro atoms. The first kappa shape index (κ1) is 17.8. The molecule has 4 heteroatoms. The third-order valence-electron chi connectivity index (χ3n) is 3.62. The summed E-state index contributed by atoms with van der Waals surface area (Å²) in [7, 11) is 1.72. The Morgan fingerprint density at radius 2 is 1.70 bits per heavy atom. The van der Waals surface area contributed by atoms with Gasteiger partial charge in [0.25, 0.3) is 0 Å². The Hall–Kier alpha value is -0.293. The van der Waals surface area contributed by atoms with Gasteiger partial charge in [-0.25, -0.2) is 0 Å². The maximum Gasteiger partial charge on any atom is 0.355 e. The minimum Gasteiger partial charge on any atom is -0.397 e. The van der Waals surface area contributed by atoms with Crippen molar-refractivity contribution in [1.29, 1.82) is 0 Å². The molecule has 0 saturated carbocycles. The van der Waals surface area contributed by atoms with Gasteiger partial charge < -0.3 is 8.85 Å². The highest BCUT2D eigenvalue weighted by molar-refractivity contribution is 7.80. The predicted molar refractivity (Wildman–Crippen MR) is 92.3 cm³/mol. The van der Waals surface area contributed by atoms with Gasteiger partial charge in [-0.2, -0.15) is 12.6 Å². The second-order valence-electron chi connectivity index (χ2n) is 5.15. The average Bonchev–Trinajstić information content (AvgIpc) is 2.48. The van der Waals surface area contributed by atoms with E-state index >= 15 is 0 Å². The van der Waals surface area contributed by atoms with Crippen molar-refractivity contribution in [2.24, 2.45) is 0 Å². The number of hydrogen-bond acceptors (Lipinski definition) is 3. The molecule has 1 unspecified atom stereocenters. The van der Waals surface area contributed by atoms with Crippen LogP contribution in [0, 0.1) is 0 Å². The first-order chi connectivity index (χ1) is 9.74. The summed E-state index contributed by atoms with van der Waals surface area (Å²) in [5.74, 6) is 0. The summed E-state index contributed by atoms with van der Waals surface area (Å²) in [4.78, 5) is 0. The van der Waals surface area contributed by atoms with Crippen LogP contribution in [0.3, 0.4) is 0 Å². The van der Waals surface area contributed by atoms with Crippen molar-refractivity contribution in [1.82, 2.24) is 0 Å². The van der Waals surface area contributed by atoms with Crippen molar-refractivity contribution in [3.05, 3.63) is 29.8 Å². The SMILES string of the molecule is CCCCCCCC(S)c1ccccc1[SiH](OC)OC. The Bertz CT molecular complexity index is 369. The van der Waals surface area contributed by atoms with E-state index in [2.05, 4.69) is 31.2 Å². The Morgan fingerprint density at radius 3 is 2.35 bits per heavy atom. The van der Waals surface area contributed by atoms with Gasteiger partial charge in [0, 0.05) is 19.5 Å². The van der Waals surface area contributed by atoms with Gasteiger partial charge in [0.1, 0.15) is 0 Å². The van der Waals surface area contributed by atoms with Crippen molar-refractivity contribution < 1.29 is 8.85 Å². The van der Waals surface area contributed by atoms with Gasteiger partial charge in [-0.3, -0.25) is 0 Å². The molecular formula is C16H28O2SSi. The van der Waals surface area contributed by atoms with Crippen molar-refractivity contribution in [2.45, 2.75) is 50.7 Å². The second-order valence-corrected chi connectivity index (χ2v) is 8.00. The number of rotatable bonds is 10. The Morgan fingerprint density at radius 1 is 1.05 bits per heavy atom. The Balaban J connectivity index is 2.60. The summed E-state index contributed by atoms with van der Waals surface area (Å²) in [5.41, 5.74) is 1.28. The van der Waals surface area contributed by atoms with E-state index in [4.69, 9.17) is 21.5 Å². The van der Waals surface area contributed by atoms with E-state index in [1.54, 1.807) is 14.2 Å². The van der Waals surface area contributed by atoms with E-state index in [-0.39, 0.29) is 5.25 Å². The largest absolute Gasteiger partial charge is 0.397 e. The summed E-state index contributed by atoms with van der Waals surface area (Å²) in [6, 6.07) is 8.42. The normalized spacial score (nSPS) is 12.8.